The number of benzene rings is 1. The van der Waals surface area contributed by atoms with Crippen LogP contribution in [0.1, 0.15) is 24.1 Å². The first kappa shape index (κ1) is 16.0. The highest BCUT2D eigenvalue weighted by Crippen LogP contribution is 2.41. The summed E-state index contributed by atoms with van der Waals surface area (Å²) < 4.78 is 16.6. The minimum Gasteiger partial charge on any atom is -0.454 e. The molecule has 132 valence electrons. The maximum absolute atomic E-state index is 5.76. The maximum atomic E-state index is 5.76. The Balaban J connectivity index is 1.61. The summed E-state index contributed by atoms with van der Waals surface area (Å²) in [5.41, 5.74) is 7.79. The molecule has 7 nitrogen and oxygen atoms in total. The van der Waals surface area contributed by atoms with Crippen LogP contribution < -0.4 is 20.5 Å². The topological polar surface area (TPSA) is 91.5 Å². The molecule has 1 saturated heterocycles. The minimum atomic E-state index is -0.0488. The predicted octanol–water partition coefficient (Wildman–Crippen LogP) is 2.26. The molecule has 3 N–H and O–H groups in total. The van der Waals surface area contributed by atoms with Crippen molar-refractivity contribution in [2.75, 3.05) is 37.6 Å². The zero-order valence-electron chi connectivity index (χ0n) is 14.2. The molecular formula is C18H22N4O3. The number of fused-ring (bicyclic) bond motifs is 1. The van der Waals surface area contributed by atoms with Crippen LogP contribution in [0.3, 0.4) is 0 Å². The van der Waals surface area contributed by atoms with Crippen molar-refractivity contribution in [3.8, 4) is 11.5 Å². The Labute approximate surface area is 146 Å². The molecule has 1 aromatic carbocycles. The molecule has 0 bridgehead atoms. The summed E-state index contributed by atoms with van der Waals surface area (Å²) in [5, 5.41) is 3.44. The Kier molecular flexibility index (Phi) is 4.09. The molecular weight excluding hydrogens is 320 g/mol. The van der Waals surface area contributed by atoms with E-state index < -0.39 is 0 Å². The van der Waals surface area contributed by atoms with E-state index in [1.165, 1.54) is 5.56 Å². The molecule has 0 aliphatic carbocycles. The molecule has 0 saturated carbocycles. The molecule has 1 aromatic heterocycles. The number of nitrogen functional groups attached to an aromatic ring is 1. The smallest absolute Gasteiger partial charge is 0.231 e. The molecule has 25 heavy (non-hydrogen) atoms. The average Bonchev–Trinajstić information content (AvgIpc) is 3.08. The zero-order chi connectivity index (χ0) is 17.3. The number of nitrogens with one attached hydrogen (secondary N) is 1. The van der Waals surface area contributed by atoms with Crippen LogP contribution in [0.5, 0.6) is 11.5 Å². The number of hydrogen-bond acceptors (Lipinski definition) is 7. The van der Waals surface area contributed by atoms with Crippen LogP contribution in [0.25, 0.3) is 0 Å². The number of anilines is 2. The van der Waals surface area contributed by atoms with E-state index in [1.54, 1.807) is 0 Å². The molecule has 0 unspecified atom stereocenters. The quantitative estimate of drug-likeness (QED) is 0.880. The Bertz CT molecular complexity index is 755. The summed E-state index contributed by atoms with van der Waals surface area (Å²) in [4.78, 5) is 8.40. The van der Waals surface area contributed by atoms with Crippen LogP contribution in [0.2, 0.25) is 0 Å². The Morgan fingerprint density at radius 2 is 1.92 bits per heavy atom. The standard InChI is InChI=1S/C18H22N4O3/c1-12-8-16(22-17(19)21-12)20-10-18(4-6-23-7-5-18)13-2-3-14-15(9-13)25-11-24-14/h2-3,8-9H,4-7,10-11H2,1H3,(H3,19,20,21,22). The van der Waals surface area contributed by atoms with Crippen LogP contribution in [-0.2, 0) is 10.2 Å². The van der Waals surface area contributed by atoms with Gasteiger partial charge in [0, 0.05) is 36.9 Å². The number of nitrogens with two attached hydrogens (primary N) is 1. The highest BCUT2D eigenvalue weighted by molar-refractivity contribution is 5.48. The highest BCUT2D eigenvalue weighted by atomic mass is 16.7. The Hall–Kier alpha value is -2.54. The van der Waals surface area contributed by atoms with Gasteiger partial charge in [-0.05, 0) is 37.5 Å². The van der Waals surface area contributed by atoms with Gasteiger partial charge in [0.15, 0.2) is 11.5 Å². The molecule has 0 amide bonds. The van der Waals surface area contributed by atoms with E-state index >= 15 is 0 Å². The van der Waals surface area contributed by atoms with E-state index in [0.717, 1.165) is 55.6 Å². The first-order valence-corrected chi connectivity index (χ1v) is 8.48. The van der Waals surface area contributed by atoms with Crippen molar-refractivity contribution >= 4 is 11.8 Å². The number of rotatable bonds is 4. The first-order valence-electron chi connectivity index (χ1n) is 8.48. The van der Waals surface area contributed by atoms with Crippen molar-refractivity contribution in [1.29, 1.82) is 0 Å². The molecule has 3 heterocycles. The van der Waals surface area contributed by atoms with Gasteiger partial charge in [0.1, 0.15) is 5.82 Å². The van der Waals surface area contributed by atoms with Gasteiger partial charge in [0.05, 0.1) is 0 Å². The molecule has 2 aliphatic heterocycles. The van der Waals surface area contributed by atoms with Gasteiger partial charge in [0.25, 0.3) is 0 Å². The average molecular weight is 342 g/mol. The summed E-state index contributed by atoms with van der Waals surface area (Å²) in [6.45, 7) is 4.41. The third-order valence-corrected chi connectivity index (χ3v) is 4.91. The van der Waals surface area contributed by atoms with Gasteiger partial charge >= 0.3 is 0 Å². The number of aromatic nitrogens is 2. The molecule has 2 aromatic rings. The lowest BCUT2D eigenvalue weighted by molar-refractivity contribution is 0.0543. The fraction of sp³-hybridized carbons (Fsp3) is 0.444. The SMILES string of the molecule is Cc1cc(NCC2(c3ccc4c(c3)OCO4)CCOCC2)nc(N)n1. The fourth-order valence-electron chi connectivity index (χ4n) is 3.50. The lowest BCUT2D eigenvalue weighted by atomic mass is 9.74. The molecule has 1 fully saturated rings. The Morgan fingerprint density at radius 1 is 1.12 bits per heavy atom. The van der Waals surface area contributed by atoms with Crippen molar-refractivity contribution in [2.45, 2.75) is 25.2 Å². The number of aryl methyl sites for hydroxylation is 1. The minimum absolute atomic E-state index is 0.0488. The second-order valence-electron chi connectivity index (χ2n) is 6.57. The molecule has 0 spiro atoms. The number of hydrogen-bond donors (Lipinski definition) is 2. The molecule has 0 atom stereocenters. The van der Waals surface area contributed by atoms with Crippen LogP contribution in [0, 0.1) is 6.92 Å². The summed E-state index contributed by atoms with van der Waals surface area (Å²) in [7, 11) is 0. The van der Waals surface area contributed by atoms with Crippen molar-refractivity contribution in [3.63, 3.8) is 0 Å². The molecule has 0 radical (unpaired) electrons. The lowest BCUT2D eigenvalue weighted by Gasteiger charge is -2.38. The highest BCUT2D eigenvalue weighted by Gasteiger charge is 2.35. The summed E-state index contributed by atoms with van der Waals surface area (Å²) in [6.07, 6.45) is 1.86. The maximum Gasteiger partial charge on any atom is 0.231 e. The second-order valence-corrected chi connectivity index (χ2v) is 6.57. The molecule has 4 rings (SSSR count). The summed E-state index contributed by atoms with van der Waals surface area (Å²) in [6, 6.07) is 8.11. The lowest BCUT2D eigenvalue weighted by Crippen LogP contribution is -2.40. The van der Waals surface area contributed by atoms with Gasteiger partial charge in [-0.15, -0.1) is 0 Å². The first-order chi connectivity index (χ1) is 12.1. The van der Waals surface area contributed by atoms with Crippen LogP contribution in [-0.4, -0.2) is 36.5 Å². The number of ether oxygens (including phenoxy) is 3. The van der Waals surface area contributed by atoms with E-state index in [1.807, 2.05) is 19.1 Å². The van der Waals surface area contributed by atoms with Crippen LogP contribution in [0.15, 0.2) is 24.3 Å². The predicted molar refractivity (Wildman–Crippen MR) is 94.0 cm³/mol. The normalized spacial score (nSPS) is 18.1. The van der Waals surface area contributed by atoms with Gasteiger partial charge in [-0.25, -0.2) is 4.98 Å². The van der Waals surface area contributed by atoms with Crippen molar-refractivity contribution < 1.29 is 14.2 Å². The van der Waals surface area contributed by atoms with Crippen LogP contribution in [0.4, 0.5) is 11.8 Å². The van der Waals surface area contributed by atoms with E-state index in [0.29, 0.717) is 0 Å². The van der Waals surface area contributed by atoms with Gasteiger partial charge < -0.3 is 25.3 Å². The molecule has 2 aliphatic rings. The van der Waals surface area contributed by atoms with E-state index in [9.17, 15) is 0 Å². The third kappa shape index (κ3) is 3.19. The largest absolute Gasteiger partial charge is 0.454 e. The van der Waals surface area contributed by atoms with Crippen molar-refractivity contribution in [3.05, 3.63) is 35.5 Å². The summed E-state index contributed by atoms with van der Waals surface area (Å²) >= 11 is 0. The van der Waals surface area contributed by atoms with Gasteiger partial charge in [-0.2, -0.15) is 4.98 Å². The van der Waals surface area contributed by atoms with E-state index in [2.05, 4.69) is 27.4 Å². The van der Waals surface area contributed by atoms with Gasteiger partial charge in [-0.3, -0.25) is 0 Å². The monoisotopic (exact) mass is 342 g/mol. The molecule has 7 heteroatoms. The van der Waals surface area contributed by atoms with Crippen molar-refractivity contribution in [1.82, 2.24) is 9.97 Å². The van der Waals surface area contributed by atoms with Gasteiger partial charge in [0.2, 0.25) is 12.7 Å². The van der Waals surface area contributed by atoms with Crippen molar-refractivity contribution in [2.24, 2.45) is 0 Å². The fourth-order valence-corrected chi connectivity index (χ4v) is 3.50. The van der Waals surface area contributed by atoms with Gasteiger partial charge in [-0.1, -0.05) is 6.07 Å². The zero-order valence-corrected chi connectivity index (χ0v) is 14.2. The van der Waals surface area contributed by atoms with E-state index in [4.69, 9.17) is 19.9 Å². The van der Waals surface area contributed by atoms with E-state index in [-0.39, 0.29) is 18.2 Å². The van der Waals surface area contributed by atoms with Crippen LogP contribution >= 0.6 is 0 Å². The third-order valence-electron chi connectivity index (χ3n) is 4.91. The second kappa shape index (κ2) is 6.40. The summed E-state index contributed by atoms with van der Waals surface area (Å²) in [5.74, 6) is 2.65. The Morgan fingerprint density at radius 3 is 2.72 bits per heavy atom. The number of nitrogens with zero attached hydrogens (tertiary/aromatic N) is 2.